The summed E-state index contributed by atoms with van der Waals surface area (Å²) >= 11 is 0. The van der Waals surface area contributed by atoms with Crippen LogP contribution in [0.25, 0.3) is 0 Å². The maximum Gasteiger partial charge on any atom is 0.321 e. The van der Waals surface area contributed by atoms with Gasteiger partial charge in [-0.05, 0) is 75.6 Å². The minimum atomic E-state index is -0.518. The molecule has 4 amide bonds. The van der Waals surface area contributed by atoms with Crippen LogP contribution >= 0.6 is 0 Å². The summed E-state index contributed by atoms with van der Waals surface area (Å²) in [6, 6.07) is 22.4. The fourth-order valence-electron chi connectivity index (χ4n) is 5.35. The van der Waals surface area contributed by atoms with Crippen LogP contribution in [0.1, 0.15) is 60.7 Å². The van der Waals surface area contributed by atoms with Crippen molar-refractivity contribution in [1.82, 2.24) is 9.80 Å². The predicted octanol–water partition coefficient (Wildman–Crippen LogP) is 5.90. The van der Waals surface area contributed by atoms with Crippen molar-refractivity contribution in [3.05, 3.63) is 90.0 Å². The van der Waals surface area contributed by atoms with E-state index in [1.165, 1.54) is 0 Å². The lowest BCUT2D eigenvalue weighted by atomic mass is 10.0. The summed E-state index contributed by atoms with van der Waals surface area (Å²) in [5.41, 5.74) is 1.94. The van der Waals surface area contributed by atoms with Crippen molar-refractivity contribution < 1.29 is 29.0 Å². The van der Waals surface area contributed by atoms with Gasteiger partial charge < -0.3 is 35.0 Å². The van der Waals surface area contributed by atoms with Gasteiger partial charge in [-0.2, -0.15) is 0 Å². The highest BCUT2D eigenvalue weighted by molar-refractivity contribution is 6.05. The molecule has 3 N–H and O–H groups in total. The van der Waals surface area contributed by atoms with Gasteiger partial charge in [0.2, 0.25) is 0 Å². The van der Waals surface area contributed by atoms with Crippen molar-refractivity contribution in [1.29, 1.82) is 0 Å². The maximum atomic E-state index is 14.3. The number of carbonyl (C=O) groups excluding carboxylic acids is 3. The molecule has 0 aromatic heterocycles. The van der Waals surface area contributed by atoms with Gasteiger partial charge in [0, 0.05) is 49.6 Å². The number of hydrogen-bond acceptors (Lipinski definition) is 6. The van der Waals surface area contributed by atoms with Gasteiger partial charge in [0.1, 0.15) is 5.75 Å². The van der Waals surface area contributed by atoms with Gasteiger partial charge in [-0.1, -0.05) is 43.3 Å². The average Bonchev–Trinajstić information content (AvgIpc) is 3.06. The van der Waals surface area contributed by atoms with Gasteiger partial charge in [0.25, 0.3) is 11.8 Å². The largest absolute Gasteiger partial charge is 0.490 e. The molecular weight excluding hydrogens is 584 g/mol. The number of anilines is 2. The minimum Gasteiger partial charge on any atom is -0.490 e. The van der Waals surface area contributed by atoms with Crippen LogP contribution in [-0.4, -0.2) is 84.4 Å². The van der Waals surface area contributed by atoms with Crippen LogP contribution in [0.3, 0.4) is 0 Å². The Morgan fingerprint density at radius 3 is 2.37 bits per heavy atom. The van der Waals surface area contributed by atoms with E-state index in [9.17, 15) is 19.5 Å². The van der Waals surface area contributed by atoms with E-state index >= 15 is 0 Å². The Morgan fingerprint density at radius 1 is 0.978 bits per heavy atom. The lowest BCUT2D eigenvalue weighted by molar-refractivity contribution is -0.0115. The lowest BCUT2D eigenvalue weighted by Gasteiger charge is -2.35. The molecule has 0 saturated carbocycles. The monoisotopic (exact) mass is 630 g/mol. The van der Waals surface area contributed by atoms with Crippen LogP contribution in [0.15, 0.2) is 78.9 Å². The zero-order chi connectivity index (χ0) is 33.1. The molecule has 0 unspecified atom stereocenters. The van der Waals surface area contributed by atoms with E-state index in [0.29, 0.717) is 41.4 Å². The van der Waals surface area contributed by atoms with Crippen molar-refractivity contribution >= 4 is 29.2 Å². The molecule has 4 atom stereocenters. The number of likely N-dealkylation sites (N-methyl/N-ethyl adjacent to an activating group) is 1. The molecule has 10 nitrogen and oxygen atoms in total. The Kier molecular flexibility index (Phi) is 12.6. The summed E-state index contributed by atoms with van der Waals surface area (Å²) < 4.78 is 12.6. The summed E-state index contributed by atoms with van der Waals surface area (Å²) in [6.45, 7) is 6.55. The molecule has 3 aromatic carbocycles. The normalized spacial score (nSPS) is 20.0. The predicted molar refractivity (Wildman–Crippen MR) is 179 cm³/mol. The molecule has 1 aliphatic rings. The first kappa shape index (κ1) is 34.5. The van der Waals surface area contributed by atoms with Gasteiger partial charge in [0.15, 0.2) is 0 Å². The highest BCUT2D eigenvalue weighted by atomic mass is 16.5. The molecule has 0 radical (unpaired) electrons. The van der Waals surface area contributed by atoms with E-state index in [4.69, 9.17) is 9.47 Å². The summed E-state index contributed by atoms with van der Waals surface area (Å²) in [4.78, 5) is 43.4. The van der Waals surface area contributed by atoms with Gasteiger partial charge in [-0.25, -0.2) is 4.79 Å². The molecule has 1 heterocycles. The van der Waals surface area contributed by atoms with Crippen LogP contribution < -0.4 is 15.4 Å². The summed E-state index contributed by atoms with van der Waals surface area (Å²) in [7, 11) is 1.72. The number of rotatable bonds is 7. The number of hydrogen-bond donors (Lipinski definition) is 3. The van der Waals surface area contributed by atoms with E-state index in [-0.39, 0.29) is 49.1 Å². The zero-order valence-electron chi connectivity index (χ0n) is 27.1. The number of fused-ring (bicyclic) bond motifs is 1. The smallest absolute Gasteiger partial charge is 0.321 e. The fraction of sp³-hybridized carbons (Fsp3) is 0.417. The second-order valence-electron chi connectivity index (χ2n) is 12.0. The first-order valence-electron chi connectivity index (χ1n) is 15.9. The Labute approximate surface area is 271 Å². The first-order chi connectivity index (χ1) is 22.2. The van der Waals surface area contributed by atoms with Crippen LogP contribution in [0, 0.1) is 5.92 Å². The SMILES string of the molecule is C[C@@H]1CN([C@@H](C)CO)C(=O)c2cc(NC(=O)c3ccccc3)ccc2O[C@@H](C)CCCCO[C@@H]1CN(C)C(=O)Nc1ccccc1. The third-order valence-electron chi connectivity index (χ3n) is 8.17. The molecule has 0 saturated heterocycles. The number of carbonyl (C=O) groups is 3. The molecule has 0 aliphatic carbocycles. The van der Waals surface area contributed by atoms with E-state index in [0.717, 1.165) is 19.3 Å². The number of benzene rings is 3. The van der Waals surface area contributed by atoms with Crippen LogP contribution in [0.4, 0.5) is 16.2 Å². The highest BCUT2D eigenvalue weighted by Gasteiger charge is 2.31. The topological polar surface area (TPSA) is 120 Å². The number of nitrogens with zero attached hydrogens (tertiary/aromatic N) is 2. The minimum absolute atomic E-state index is 0.175. The summed E-state index contributed by atoms with van der Waals surface area (Å²) in [5.74, 6) is -0.410. The van der Waals surface area contributed by atoms with Gasteiger partial charge >= 0.3 is 6.03 Å². The molecule has 3 aromatic rings. The van der Waals surface area contributed by atoms with Gasteiger partial charge in [-0.3, -0.25) is 9.59 Å². The molecule has 46 heavy (non-hydrogen) atoms. The van der Waals surface area contributed by atoms with Crippen molar-refractivity contribution in [2.75, 3.05) is 44.0 Å². The van der Waals surface area contributed by atoms with Gasteiger partial charge in [0.05, 0.1) is 30.4 Å². The molecule has 0 spiro atoms. The van der Waals surface area contributed by atoms with Crippen molar-refractivity contribution in [2.45, 2.75) is 58.3 Å². The zero-order valence-corrected chi connectivity index (χ0v) is 27.1. The maximum absolute atomic E-state index is 14.3. The van der Waals surface area contributed by atoms with E-state index in [1.54, 1.807) is 66.2 Å². The number of para-hydroxylation sites is 1. The van der Waals surface area contributed by atoms with Crippen molar-refractivity contribution in [2.24, 2.45) is 5.92 Å². The number of aliphatic hydroxyl groups is 1. The molecular formula is C36H46N4O6. The van der Waals surface area contributed by atoms with E-state index in [2.05, 4.69) is 10.6 Å². The molecule has 10 heteroatoms. The molecule has 0 bridgehead atoms. The number of nitrogens with one attached hydrogen (secondary N) is 2. The third kappa shape index (κ3) is 9.55. The van der Waals surface area contributed by atoms with E-state index in [1.807, 2.05) is 50.2 Å². The highest BCUT2D eigenvalue weighted by Crippen LogP contribution is 2.29. The summed E-state index contributed by atoms with van der Waals surface area (Å²) in [5, 5.41) is 16.0. The second kappa shape index (κ2) is 16.8. The molecule has 4 rings (SSSR count). The second-order valence-corrected chi connectivity index (χ2v) is 12.0. The Hall–Kier alpha value is -4.41. The van der Waals surface area contributed by atoms with Gasteiger partial charge in [-0.15, -0.1) is 0 Å². The van der Waals surface area contributed by atoms with Crippen LogP contribution in [-0.2, 0) is 4.74 Å². The quantitative estimate of drug-likeness (QED) is 0.299. The molecule has 1 aliphatic heterocycles. The third-order valence-corrected chi connectivity index (χ3v) is 8.17. The first-order valence-corrected chi connectivity index (χ1v) is 15.9. The fourth-order valence-corrected chi connectivity index (χ4v) is 5.35. The average molecular weight is 631 g/mol. The summed E-state index contributed by atoms with van der Waals surface area (Å²) in [6.07, 6.45) is 1.86. The van der Waals surface area contributed by atoms with Crippen molar-refractivity contribution in [3.63, 3.8) is 0 Å². The number of amides is 4. The van der Waals surface area contributed by atoms with Crippen LogP contribution in [0.2, 0.25) is 0 Å². The number of ether oxygens (including phenoxy) is 2. The van der Waals surface area contributed by atoms with Crippen molar-refractivity contribution in [3.8, 4) is 5.75 Å². The Bertz CT molecular complexity index is 1440. The van der Waals surface area contributed by atoms with E-state index < -0.39 is 6.04 Å². The molecule has 246 valence electrons. The Balaban J connectivity index is 1.60. The number of urea groups is 1. The lowest BCUT2D eigenvalue weighted by Crippen LogP contribution is -2.48. The Morgan fingerprint density at radius 2 is 1.67 bits per heavy atom. The molecule has 0 fully saturated rings. The standard InChI is InChI=1S/C36H46N4O6/c1-25-22-40(26(2)24-41)35(43)31-21-30(37-34(42)28-14-7-5-8-15-28)18-19-32(31)46-27(3)13-11-12-20-45-33(25)23-39(4)36(44)38-29-16-9-6-10-17-29/h5-10,14-19,21,25-27,33,41H,11-13,20,22-24H2,1-4H3,(H,37,42)(H,38,44)/t25-,26+,27+,33-/m1/s1. The van der Waals surface area contributed by atoms with Crippen LogP contribution in [0.5, 0.6) is 5.75 Å². The number of aliphatic hydroxyl groups excluding tert-OH is 1.